The smallest absolute Gasteiger partial charge is 0.251 e. The van der Waals surface area contributed by atoms with E-state index < -0.39 is 0 Å². The molecule has 1 heterocycles. The number of nitrogens with two attached hydrogens (primary N) is 1. The minimum Gasteiger partial charge on any atom is -0.399 e. The van der Waals surface area contributed by atoms with Gasteiger partial charge in [0.1, 0.15) is 0 Å². The predicted molar refractivity (Wildman–Crippen MR) is 73.4 cm³/mol. The van der Waals surface area contributed by atoms with Gasteiger partial charge < -0.3 is 11.1 Å². The summed E-state index contributed by atoms with van der Waals surface area (Å²) >= 11 is 1.95. The van der Waals surface area contributed by atoms with Crippen LogP contribution in [0.1, 0.15) is 28.8 Å². The van der Waals surface area contributed by atoms with Gasteiger partial charge in [-0.3, -0.25) is 4.79 Å². The first-order chi connectivity index (χ1) is 8.15. The number of nitrogens with one attached hydrogen (secondary N) is 1. The monoisotopic (exact) mass is 250 g/mol. The maximum absolute atomic E-state index is 11.9. The van der Waals surface area contributed by atoms with E-state index in [0.29, 0.717) is 16.5 Å². The summed E-state index contributed by atoms with van der Waals surface area (Å²) in [5, 5.41) is 3.56. The Morgan fingerprint density at radius 2 is 2.35 bits per heavy atom. The number of hydrogen-bond donors (Lipinski definition) is 2. The van der Waals surface area contributed by atoms with Crippen LogP contribution in [0.3, 0.4) is 0 Å². The number of rotatable bonds is 3. The number of carbonyl (C=O) groups excluding carboxylic acids is 1. The molecule has 92 valence electrons. The SMILES string of the molecule is Cc1cc(N)cc(C(=O)NCC2CCCS2)c1. The maximum atomic E-state index is 11.9. The fourth-order valence-electron chi connectivity index (χ4n) is 2.06. The van der Waals surface area contributed by atoms with Gasteiger partial charge in [-0.15, -0.1) is 0 Å². The van der Waals surface area contributed by atoms with Crippen molar-refractivity contribution in [1.29, 1.82) is 0 Å². The average Bonchev–Trinajstić information content (AvgIpc) is 2.77. The van der Waals surface area contributed by atoms with E-state index >= 15 is 0 Å². The van der Waals surface area contributed by atoms with E-state index in [1.165, 1.54) is 18.6 Å². The first kappa shape index (κ1) is 12.3. The van der Waals surface area contributed by atoms with E-state index in [0.717, 1.165) is 12.1 Å². The molecule has 2 rings (SSSR count). The molecule has 1 saturated heterocycles. The summed E-state index contributed by atoms with van der Waals surface area (Å²) in [6.45, 7) is 2.71. The normalized spacial score (nSPS) is 19.2. The number of aryl methyl sites for hydroxylation is 1. The molecule has 1 aromatic rings. The van der Waals surface area contributed by atoms with Crippen LogP contribution in [-0.2, 0) is 0 Å². The van der Waals surface area contributed by atoms with E-state index in [1.807, 2.05) is 30.8 Å². The predicted octanol–water partition coefficient (Wildman–Crippen LogP) is 2.20. The Labute approximate surface area is 106 Å². The van der Waals surface area contributed by atoms with Crippen molar-refractivity contribution < 1.29 is 4.79 Å². The van der Waals surface area contributed by atoms with E-state index in [2.05, 4.69) is 5.32 Å². The molecule has 0 radical (unpaired) electrons. The van der Waals surface area contributed by atoms with Crippen molar-refractivity contribution in [3.05, 3.63) is 29.3 Å². The molecule has 3 nitrogen and oxygen atoms in total. The molecular weight excluding hydrogens is 232 g/mol. The van der Waals surface area contributed by atoms with Gasteiger partial charge in [0.2, 0.25) is 0 Å². The lowest BCUT2D eigenvalue weighted by atomic mass is 10.1. The third-order valence-electron chi connectivity index (χ3n) is 2.88. The molecule has 3 N–H and O–H groups in total. The van der Waals surface area contributed by atoms with Crippen LogP contribution in [0.4, 0.5) is 5.69 Å². The molecule has 1 aromatic carbocycles. The molecule has 0 aliphatic carbocycles. The molecule has 1 atom stereocenters. The van der Waals surface area contributed by atoms with Crippen molar-refractivity contribution in [2.24, 2.45) is 0 Å². The van der Waals surface area contributed by atoms with Gasteiger partial charge in [0.25, 0.3) is 5.91 Å². The standard InChI is InChI=1S/C13H18N2OS/c1-9-5-10(7-11(14)6-9)13(16)15-8-12-3-2-4-17-12/h5-7,12H,2-4,8,14H2,1H3,(H,15,16). The fraction of sp³-hybridized carbons (Fsp3) is 0.462. The Hall–Kier alpha value is -1.16. The Balaban J connectivity index is 1.94. The third kappa shape index (κ3) is 3.40. The molecule has 1 aliphatic heterocycles. The van der Waals surface area contributed by atoms with Crippen molar-refractivity contribution >= 4 is 23.4 Å². The summed E-state index contributed by atoms with van der Waals surface area (Å²) in [6, 6.07) is 5.46. The highest BCUT2D eigenvalue weighted by atomic mass is 32.2. The molecule has 1 unspecified atom stereocenters. The summed E-state index contributed by atoms with van der Waals surface area (Å²) in [5.41, 5.74) is 8.05. The summed E-state index contributed by atoms with van der Waals surface area (Å²) in [5.74, 6) is 1.20. The van der Waals surface area contributed by atoms with Crippen LogP contribution >= 0.6 is 11.8 Å². The average molecular weight is 250 g/mol. The largest absolute Gasteiger partial charge is 0.399 e. The second-order valence-electron chi connectivity index (χ2n) is 4.48. The Bertz CT molecular complexity index is 394. The number of hydrogen-bond acceptors (Lipinski definition) is 3. The number of benzene rings is 1. The van der Waals surface area contributed by atoms with Crippen molar-refractivity contribution in [1.82, 2.24) is 5.32 Å². The molecular formula is C13H18N2OS. The third-order valence-corrected chi connectivity index (χ3v) is 4.27. The fourth-order valence-corrected chi connectivity index (χ4v) is 3.26. The van der Waals surface area contributed by atoms with Gasteiger partial charge in [0.05, 0.1) is 0 Å². The van der Waals surface area contributed by atoms with Gasteiger partial charge in [-0.25, -0.2) is 0 Å². The maximum Gasteiger partial charge on any atom is 0.251 e. The van der Waals surface area contributed by atoms with Gasteiger partial charge in [-0.05, 0) is 49.3 Å². The van der Waals surface area contributed by atoms with Crippen molar-refractivity contribution in [3.8, 4) is 0 Å². The van der Waals surface area contributed by atoms with Gasteiger partial charge >= 0.3 is 0 Å². The second kappa shape index (κ2) is 5.45. The molecule has 0 bridgehead atoms. The van der Waals surface area contributed by atoms with Gasteiger partial charge in [0.15, 0.2) is 0 Å². The van der Waals surface area contributed by atoms with Gasteiger partial charge in [-0.2, -0.15) is 11.8 Å². The quantitative estimate of drug-likeness (QED) is 0.809. The summed E-state index contributed by atoms with van der Waals surface area (Å²) in [4.78, 5) is 11.9. The van der Waals surface area contributed by atoms with Crippen molar-refractivity contribution in [2.45, 2.75) is 25.0 Å². The molecule has 1 fully saturated rings. The Morgan fingerprint density at radius 3 is 3.00 bits per heavy atom. The number of anilines is 1. The molecule has 0 aromatic heterocycles. The molecule has 4 heteroatoms. The van der Waals surface area contributed by atoms with Crippen LogP contribution in [0.25, 0.3) is 0 Å². The minimum absolute atomic E-state index is 0.0205. The van der Waals surface area contributed by atoms with E-state index in [-0.39, 0.29) is 5.91 Å². The summed E-state index contributed by atoms with van der Waals surface area (Å²) in [6.07, 6.45) is 2.48. The summed E-state index contributed by atoms with van der Waals surface area (Å²) < 4.78 is 0. The van der Waals surface area contributed by atoms with Crippen LogP contribution in [0.2, 0.25) is 0 Å². The summed E-state index contributed by atoms with van der Waals surface area (Å²) in [7, 11) is 0. The zero-order chi connectivity index (χ0) is 12.3. The lowest BCUT2D eigenvalue weighted by Crippen LogP contribution is -2.29. The lowest BCUT2D eigenvalue weighted by molar-refractivity contribution is 0.0953. The Kier molecular flexibility index (Phi) is 3.94. The molecule has 0 saturated carbocycles. The molecule has 17 heavy (non-hydrogen) atoms. The first-order valence-corrected chi connectivity index (χ1v) is 6.97. The molecule has 1 aliphatic rings. The number of amides is 1. The highest BCUT2D eigenvalue weighted by Crippen LogP contribution is 2.25. The van der Waals surface area contributed by atoms with Crippen molar-refractivity contribution in [2.75, 3.05) is 18.0 Å². The van der Waals surface area contributed by atoms with E-state index in [4.69, 9.17) is 5.73 Å². The number of carbonyl (C=O) groups is 1. The zero-order valence-electron chi connectivity index (χ0n) is 10.0. The highest BCUT2D eigenvalue weighted by molar-refractivity contribution is 8.00. The van der Waals surface area contributed by atoms with Crippen LogP contribution in [0, 0.1) is 6.92 Å². The minimum atomic E-state index is -0.0205. The molecule has 0 spiro atoms. The first-order valence-electron chi connectivity index (χ1n) is 5.92. The van der Waals surface area contributed by atoms with Gasteiger partial charge in [0, 0.05) is 23.0 Å². The number of nitrogen functional groups attached to an aromatic ring is 1. The van der Waals surface area contributed by atoms with Crippen LogP contribution in [-0.4, -0.2) is 23.5 Å². The van der Waals surface area contributed by atoms with Gasteiger partial charge in [-0.1, -0.05) is 0 Å². The van der Waals surface area contributed by atoms with Crippen molar-refractivity contribution in [3.63, 3.8) is 0 Å². The second-order valence-corrected chi connectivity index (χ2v) is 5.89. The van der Waals surface area contributed by atoms with E-state index in [1.54, 1.807) is 6.07 Å². The van der Waals surface area contributed by atoms with Crippen LogP contribution in [0.15, 0.2) is 18.2 Å². The molecule has 1 amide bonds. The van der Waals surface area contributed by atoms with E-state index in [9.17, 15) is 4.79 Å². The topological polar surface area (TPSA) is 55.1 Å². The van der Waals surface area contributed by atoms with Crippen LogP contribution in [0.5, 0.6) is 0 Å². The zero-order valence-corrected chi connectivity index (χ0v) is 10.8. The Morgan fingerprint density at radius 1 is 1.53 bits per heavy atom. The lowest BCUT2D eigenvalue weighted by Gasteiger charge is -2.10. The number of thioether (sulfide) groups is 1. The van der Waals surface area contributed by atoms with Crippen LogP contribution < -0.4 is 11.1 Å². The highest BCUT2D eigenvalue weighted by Gasteiger charge is 2.16.